The maximum atomic E-state index is 12.7. The van der Waals surface area contributed by atoms with Crippen molar-refractivity contribution in [1.82, 2.24) is 14.9 Å². The highest BCUT2D eigenvalue weighted by atomic mass is 16.2. The van der Waals surface area contributed by atoms with Crippen LogP contribution in [0.15, 0.2) is 36.7 Å². The number of carbonyl (C=O) groups excluding carboxylic acids is 1. The minimum atomic E-state index is 0.0586. The zero-order valence-electron chi connectivity index (χ0n) is 14.1. The molecule has 4 rings (SSSR count). The summed E-state index contributed by atoms with van der Waals surface area (Å²) in [6.07, 6.45) is 1.61. The van der Waals surface area contributed by atoms with Crippen LogP contribution in [0.5, 0.6) is 0 Å². The van der Waals surface area contributed by atoms with E-state index >= 15 is 0 Å². The van der Waals surface area contributed by atoms with Crippen LogP contribution in [0.3, 0.4) is 0 Å². The Bertz CT molecular complexity index is 828. The Kier molecular flexibility index (Phi) is 3.85. The molecule has 25 heavy (non-hydrogen) atoms. The third kappa shape index (κ3) is 2.93. The summed E-state index contributed by atoms with van der Waals surface area (Å²) in [6, 6.07) is 11.0. The van der Waals surface area contributed by atoms with Crippen LogP contribution in [0.4, 0.5) is 5.82 Å². The van der Waals surface area contributed by atoms with Crippen LogP contribution in [0, 0.1) is 30.1 Å². The second-order valence-corrected chi connectivity index (χ2v) is 6.84. The summed E-state index contributed by atoms with van der Waals surface area (Å²) >= 11 is 0. The lowest BCUT2D eigenvalue weighted by Gasteiger charge is -2.22. The van der Waals surface area contributed by atoms with E-state index in [0.717, 1.165) is 37.7 Å². The fraction of sp³-hybridized carbons (Fsp3) is 0.368. The number of benzene rings is 1. The van der Waals surface area contributed by atoms with Gasteiger partial charge in [-0.15, -0.1) is 0 Å². The van der Waals surface area contributed by atoms with Crippen LogP contribution in [0.25, 0.3) is 0 Å². The van der Waals surface area contributed by atoms with E-state index < -0.39 is 0 Å². The third-order valence-electron chi connectivity index (χ3n) is 5.15. The summed E-state index contributed by atoms with van der Waals surface area (Å²) < 4.78 is 0. The van der Waals surface area contributed by atoms with Crippen molar-refractivity contribution in [1.29, 1.82) is 5.26 Å². The first kappa shape index (κ1) is 15.6. The van der Waals surface area contributed by atoms with Crippen molar-refractivity contribution in [2.24, 2.45) is 11.8 Å². The van der Waals surface area contributed by atoms with Crippen molar-refractivity contribution in [2.75, 3.05) is 31.1 Å². The van der Waals surface area contributed by atoms with E-state index in [9.17, 15) is 4.79 Å². The fourth-order valence-electron chi connectivity index (χ4n) is 3.83. The number of aryl methyl sites for hydroxylation is 1. The monoisotopic (exact) mass is 333 g/mol. The van der Waals surface area contributed by atoms with Gasteiger partial charge in [0.25, 0.3) is 5.91 Å². The highest BCUT2D eigenvalue weighted by Gasteiger charge is 2.42. The van der Waals surface area contributed by atoms with Gasteiger partial charge >= 0.3 is 0 Å². The van der Waals surface area contributed by atoms with Gasteiger partial charge < -0.3 is 9.80 Å². The second kappa shape index (κ2) is 6.17. The number of likely N-dealkylation sites (tertiary alicyclic amines) is 1. The standard InChI is InChI=1S/C19H19N5O/c1-13-6-18(22-12-21-13)23-8-16-10-24(11-17(16)9-23)19(25)15-4-2-14(7-20)3-5-15/h2-6,12,16-17H,8-11H2,1H3. The lowest BCUT2D eigenvalue weighted by molar-refractivity contribution is 0.0782. The number of anilines is 1. The SMILES string of the molecule is Cc1cc(N2CC3CN(C(=O)c4ccc(C#N)cc4)CC3C2)ncn1. The summed E-state index contributed by atoms with van der Waals surface area (Å²) in [5, 5.41) is 8.86. The molecule has 2 aliphatic rings. The van der Waals surface area contributed by atoms with E-state index in [1.807, 2.05) is 17.9 Å². The number of nitriles is 1. The summed E-state index contributed by atoms with van der Waals surface area (Å²) in [4.78, 5) is 25.5. The molecule has 0 saturated carbocycles. The van der Waals surface area contributed by atoms with Crippen molar-refractivity contribution in [3.63, 3.8) is 0 Å². The lowest BCUT2D eigenvalue weighted by Crippen LogP contribution is -2.33. The Morgan fingerprint density at radius 3 is 2.40 bits per heavy atom. The first-order chi connectivity index (χ1) is 12.1. The molecule has 2 atom stereocenters. The molecule has 126 valence electrons. The molecule has 3 heterocycles. The van der Waals surface area contributed by atoms with Gasteiger partial charge in [-0.2, -0.15) is 5.26 Å². The topological polar surface area (TPSA) is 73.1 Å². The number of aromatic nitrogens is 2. The van der Waals surface area contributed by atoms with Gasteiger partial charge in [-0.05, 0) is 31.2 Å². The van der Waals surface area contributed by atoms with E-state index in [1.54, 1.807) is 30.6 Å². The first-order valence-corrected chi connectivity index (χ1v) is 8.47. The van der Waals surface area contributed by atoms with Gasteiger partial charge in [0.2, 0.25) is 0 Å². The summed E-state index contributed by atoms with van der Waals surface area (Å²) in [5.74, 6) is 2.00. The number of rotatable bonds is 2. The molecule has 2 unspecified atom stereocenters. The maximum Gasteiger partial charge on any atom is 0.253 e. The van der Waals surface area contributed by atoms with Gasteiger partial charge in [-0.25, -0.2) is 9.97 Å². The molecule has 2 aromatic rings. The van der Waals surface area contributed by atoms with Crippen molar-refractivity contribution >= 4 is 11.7 Å². The second-order valence-electron chi connectivity index (χ2n) is 6.84. The Balaban J connectivity index is 1.42. The van der Waals surface area contributed by atoms with E-state index in [2.05, 4.69) is 20.9 Å². The average molecular weight is 333 g/mol. The summed E-state index contributed by atoms with van der Waals surface area (Å²) in [7, 11) is 0. The van der Waals surface area contributed by atoms with Gasteiger partial charge in [0, 0.05) is 55.3 Å². The highest BCUT2D eigenvalue weighted by Crippen LogP contribution is 2.33. The molecule has 2 fully saturated rings. The molecular weight excluding hydrogens is 314 g/mol. The Labute approximate surface area is 146 Å². The quantitative estimate of drug-likeness (QED) is 0.839. The van der Waals surface area contributed by atoms with Gasteiger partial charge in [0.1, 0.15) is 12.1 Å². The Morgan fingerprint density at radius 2 is 1.80 bits per heavy atom. The van der Waals surface area contributed by atoms with Crippen molar-refractivity contribution in [3.05, 3.63) is 53.5 Å². The predicted octanol–water partition coefficient (Wildman–Crippen LogP) is 1.87. The number of hydrogen-bond donors (Lipinski definition) is 0. The fourth-order valence-corrected chi connectivity index (χ4v) is 3.83. The number of hydrogen-bond acceptors (Lipinski definition) is 5. The Hall–Kier alpha value is -2.94. The molecule has 0 N–H and O–H groups in total. The zero-order chi connectivity index (χ0) is 17.4. The number of fused-ring (bicyclic) bond motifs is 1. The highest BCUT2D eigenvalue weighted by molar-refractivity contribution is 5.94. The molecule has 0 spiro atoms. The van der Waals surface area contributed by atoms with Crippen LogP contribution in [-0.4, -0.2) is 47.0 Å². The Morgan fingerprint density at radius 1 is 1.12 bits per heavy atom. The van der Waals surface area contributed by atoms with Gasteiger partial charge in [0.05, 0.1) is 11.6 Å². The van der Waals surface area contributed by atoms with Crippen molar-refractivity contribution < 1.29 is 4.79 Å². The van der Waals surface area contributed by atoms with E-state index in [-0.39, 0.29) is 5.91 Å². The van der Waals surface area contributed by atoms with Crippen LogP contribution >= 0.6 is 0 Å². The molecule has 2 saturated heterocycles. The number of nitrogens with zero attached hydrogens (tertiary/aromatic N) is 5. The van der Waals surface area contributed by atoms with Crippen LogP contribution in [0.2, 0.25) is 0 Å². The van der Waals surface area contributed by atoms with Crippen molar-refractivity contribution in [2.45, 2.75) is 6.92 Å². The van der Waals surface area contributed by atoms with E-state index in [0.29, 0.717) is 23.0 Å². The maximum absolute atomic E-state index is 12.7. The number of carbonyl (C=O) groups is 1. The van der Waals surface area contributed by atoms with E-state index in [1.165, 1.54) is 0 Å². The smallest absolute Gasteiger partial charge is 0.253 e. The molecule has 1 aromatic heterocycles. The predicted molar refractivity (Wildman–Crippen MR) is 93.0 cm³/mol. The normalized spacial score (nSPS) is 21.9. The van der Waals surface area contributed by atoms with Crippen molar-refractivity contribution in [3.8, 4) is 6.07 Å². The minimum Gasteiger partial charge on any atom is -0.356 e. The molecule has 0 radical (unpaired) electrons. The van der Waals surface area contributed by atoms with E-state index in [4.69, 9.17) is 5.26 Å². The lowest BCUT2D eigenvalue weighted by atomic mass is 10.0. The molecular formula is C19H19N5O. The minimum absolute atomic E-state index is 0.0586. The molecule has 1 aromatic carbocycles. The molecule has 6 nitrogen and oxygen atoms in total. The zero-order valence-corrected chi connectivity index (χ0v) is 14.1. The van der Waals surface area contributed by atoms with Crippen LogP contribution in [-0.2, 0) is 0 Å². The van der Waals surface area contributed by atoms with Crippen LogP contribution < -0.4 is 4.90 Å². The number of amides is 1. The van der Waals surface area contributed by atoms with Gasteiger partial charge in [-0.1, -0.05) is 0 Å². The molecule has 1 amide bonds. The summed E-state index contributed by atoms with van der Waals surface area (Å²) in [5.41, 5.74) is 2.20. The third-order valence-corrected chi connectivity index (χ3v) is 5.15. The van der Waals surface area contributed by atoms with Gasteiger partial charge in [0.15, 0.2) is 0 Å². The van der Waals surface area contributed by atoms with Gasteiger partial charge in [-0.3, -0.25) is 4.79 Å². The molecule has 0 bridgehead atoms. The average Bonchev–Trinajstić information content (AvgIpc) is 3.20. The molecule has 6 heteroatoms. The van der Waals surface area contributed by atoms with Crippen LogP contribution in [0.1, 0.15) is 21.6 Å². The molecule has 0 aliphatic carbocycles. The molecule has 2 aliphatic heterocycles. The summed E-state index contributed by atoms with van der Waals surface area (Å²) in [6.45, 7) is 5.39. The first-order valence-electron chi connectivity index (χ1n) is 8.47. The largest absolute Gasteiger partial charge is 0.356 e.